The molecule has 1 aliphatic carbocycles. The Morgan fingerprint density at radius 1 is 1.14 bits per heavy atom. The Kier molecular flexibility index (Phi) is 6.59. The summed E-state index contributed by atoms with van der Waals surface area (Å²) in [7, 11) is -3.72. The number of benzene rings is 1. The number of amides is 1. The molecule has 0 aromatic heterocycles. The van der Waals surface area contributed by atoms with Gasteiger partial charge < -0.3 is 10.2 Å². The average molecular weight is 407 g/mol. The highest BCUT2D eigenvalue weighted by Crippen LogP contribution is 2.28. The molecule has 0 bridgehead atoms. The first-order valence-corrected chi connectivity index (χ1v) is 11.6. The summed E-state index contributed by atoms with van der Waals surface area (Å²) in [4.78, 5) is 13.5. The molecule has 0 unspecified atom stereocenters. The van der Waals surface area contributed by atoms with Crippen molar-refractivity contribution in [1.29, 1.82) is 5.41 Å². The van der Waals surface area contributed by atoms with Crippen molar-refractivity contribution >= 4 is 21.9 Å². The summed E-state index contributed by atoms with van der Waals surface area (Å²) in [6.07, 6.45) is 6.73. The van der Waals surface area contributed by atoms with Crippen molar-refractivity contribution in [3.05, 3.63) is 29.8 Å². The molecule has 2 N–H and O–H groups in total. The minimum absolute atomic E-state index is 0.00858. The van der Waals surface area contributed by atoms with Crippen LogP contribution in [0.25, 0.3) is 0 Å². The lowest BCUT2D eigenvalue weighted by Crippen LogP contribution is -2.42. The van der Waals surface area contributed by atoms with Crippen molar-refractivity contribution in [1.82, 2.24) is 14.5 Å². The normalized spacial score (nSPS) is 18.5. The smallest absolute Gasteiger partial charge is 0.266 e. The Hall–Kier alpha value is -2.09. The molecule has 0 atom stereocenters. The molecule has 28 heavy (non-hydrogen) atoms. The number of sulfonamides is 1. The lowest BCUT2D eigenvalue weighted by atomic mass is 9.94. The first-order valence-electron chi connectivity index (χ1n) is 10.2. The van der Waals surface area contributed by atoms with Crippen LogP contribution in [0.2, 0.25) is 0 Å². The summed E-state index contributed by atoms with van der Waals surface area (Å²) in [5.41, 5.74) is 0.968. The van der Waals surface area contributed by atoms with Gasteiger partial charge in [0, 0.05) is 25.6 Å². The van der Waals surface area contributed by atoms with Crippen LogP contribution in [0.4, 0.5) is 0 Å². The molecule has 1 saturated heterocycles. The zero-order valence-electron chi connectivity index (χ0n) is 16.5. The molecule has 1 amide bonds. The standard InChI is InChI=1S/C20H30N4O3S/c1-2-19(25)22-13-12-16-8-10-18(11-9-16)28(26,27)24-15-14-23(20(24)21)17-6-4-3-5-7-17/h8-11,17,21H,2-7,12-15H2,1H3,(H,22,25). The fraction of sp³-hybridized carbons (Fsp3) is 0.600. The van der Waals surface area contributed by atoms with Crippen molar-refractivity contribution in [2.24, 2.45) is 0 Å². The average Bonchev–Trinajstić information content (AvgIpc) is 3.11. The molecule has 3 rings (SSSR count). The molecule has 1 aliphatic heterocycles. The van der Waals surface area contributed by atoms with Gasteiger partial charge in [-0.15, -0.1) is 0 Å². The molecule has 1 aromatic rings. The fourth-order valence-corrected chi connectivity index (χ4v) is 5.35. The van der Waals surface area contributed by atoms with Crippen molar-refractivity contribution in [3.8, 4) is 0 Å². The molecule has 8 heteroatoms. The number of hydrogen-bond acceptors (Lipinski definition) is 4. The summed E-state index contributed by atoms with van der Waals surface area (Å²) >= 11 is 0. The van der Waals surface area contributed by atoms with E-state index in [2.05, 4.69) is 5.32 Å². The highest BCUT2D eigenvalue weighted by molar-refractivity contribution is 7.89. The number of nitrogens with one attached hydrogen (secondary N) is 2. The van der Waals surface area contributed by atoms with E-state index in [9.17, 15) is 13.2 Å². The van der Waals surface area contributed by atoms with E-state index in [1.54, 1.807) is 31.2 Å². The third-order valence-corrected chi connectivity index (χ3v) is 7.44. The van der Waals surface area contributed by atoms with Crippen LogP contribution < -0.4 is 5.32 Å². The molecule has 2 aliphatic rings. The van der Waals surface area contributed by atoms with E-state index in [0.29, 0.717) is 38.5 Å². The Balaban J connectivity index is 1.64. The van der Waals surface area contributed by atoms with Gasteiger partial charge in [-0.3, -0.25) is 10.2 Å². The number of rotatable bonds is 7. The summed E-state index contributed by atoms with van der Waals surface area (Å²) in [5, 5.41) is 11.2. The third kappa shape index (κ3) is 4.48. The lowest BCUT2D eigenvalue weighted by Gasteiger charge is -2.32. The van der Waals surface area contributed by atoms with Gasteiger partial charge in [-0.2, -0.15) is 0 Å². The van der Waals surface area contributed by atoms with Gasteiger partial charge in [-0.25, -0.2) is 12.7 Å². The van der Waals surface area contributed by atoms with E-state index in [4.69, 9.17) is 5.41 Å². The van der Waals surface area contributed by atoms with Crippen LogP contribution in [-0.2, 0) is 21.2 Å². The van der Waals surface area contributed by atoms with Crippen molar-refractivity contribution in [2.45, 2.75) is 62.8 Å². The van der Waals surface area contributed by atoms with Gasteiger partial charge in [0.2, 0.25) is 11.9 Å². The van der Waals surface area contributed by atoms with Crippen LogP contribution >= 0.6 is 0 Å². The van der Waals surface area contributed by atoms with Gasteiger partial charge in [0.1, 0.15) is 0 Å². The molecular formula is C20H30N4O3S. The van der Waals surface area contributed by atoms with Gasteiger partial charge in [0.25, 0.3) is 10.0 Å². The Labute approximate surface area is 167 Å². The summed E-state index contributed by atoms with van der Waals surface area (Å²) in [6, 6.07) is 7.06. The van der Waals surface area contributed by atoms with Gasteiger partial charge >= 0.3 is 0 Å². The Morgan fingerprint density at radius 2 is 1.82 bits per heavy atom. The number of guanidine groups is 1. The Morgan fingerprint density at radius 3 is 2.46 bits per heavy atom. The van der Waals surface area contributed by atoms with Crippen LogP contribution in [0.5, 0.6) is 0 Å². The van der Waals surface area contributed by atoms with Gasteiger partial charge in [0.15, 0.2) is 0 Å². The highest BCUT2D eigenvalue weighted by Gasteiger charge is 2.38. The summed E-state index contributed by atoms with van der Waals surface area (Å²) < 4.78 is 27.3. The molecule has 1 saturated carbocycles. The van der Waals surface area contributed by atoms with Gasteiger partial charge in [-0.1, -0.05) is 38.3 Å². The molecule has 0 spiro atoms. The zero-order chi connectivity index (χ0) is 20.1. The second-order valence-electron chi connectivity index (χ2n) is 7.48. The fourth-order valence-electron chi connectivity index (χ4n) is 3.96. The minimum Gasteiger partial charge on any atom is -0.356 e. The van der Waals surface area contributed by atoms with Gasteiger partial charge in [-0.05, 0) is 37.0 Å². The Bertz CT molecular complexity index is 801. The van der Waals surface area contributed by atoms with E-state index in [1.807, 2.05) is 4.90 Å². The van der Waals surface area contributed by atoms with Crippen molar-refractivity contribution in [3.63, 3.8) is 0 Å². The molecule has 1 aromatic carbocycles. The summed E-state index contributed by atoms with van der Waals surface area (Å²) in [6.45, 7) is 3.27. The number of carbonyl (C=O) groups is 1. The molecular weight excluding hydrogens is 376 g/mol. The van der Waals surface area contributed by atoms with Crippen LogP contribution in [-0.4, -0.2) is 55.2 Å². The number of nitrogens with zero attached hydrogens (tertiary/aromatic N) is 2. The maximum atomic E-state index is 13.0. The highest BCUT2D eigenvalue weighted by atomic mass is 32.2. The number of carbonyl (C=O) groups excluding carboxylic acids is 1. The predicted octanol–water partition coefficient (Wildman–Crippen LogP) is 2.33. The van der Waals surface area contributed by atoms with Crippen molar-refractivity contribution in [2.75, 3.05) is 19.6 Å². The minimum atomic E-state index is -3.72. The summed E-state index contributed by atoms with van der Waals surface area (Å²) in [5.74, 6) is 0.118. The molecule has 2 fully saturated rings. The second kappa shape index (κ2) is 8.94. The first kappa shape index (κ1) is 20.6. The lowest BCUT2D eigenvalue weighted by molar-refractivity contribution is -0.120. The topological polar surface area (TPSA) is 93.6 Å². The van der Waals surface area contributed by atoms with E-state index < -0.39 is 10.0 Å². The van der Waals surface area contributed by atoms with Crippen LogP contribution in [0, 0.1) is 5.41 Å². The van der Waals surface area contributed by atoms with E-state index in [-0.39, 0.29) is 16.8 Å². The van der Waals surface area contributed by atoms with E-state index in [0.717, 1.165) is 31.2 Å². The van der Waals surface area contributed by atoms with Gasteiger partial charge in [0.05, 0.1) is 11.4 Å². The van der Waals surface area contributed by atoms with Crippen LogP contribution in [0.1, 0.15) is 51.0 Å². The zero-order valence-corrected chi connectivity index (χ0v) is 17.3. The monoisotopic (exact) mass is 406 g/mol. The third-order valence-electron chi connectivity index (χ3n) is 5.64. The van der Waals surface area contributed by atoms with E-state index >= 15 is 0 Å². The molecule has 0 radical (unpaired) electrons. The first-order chi connectivity index (χ1) is 13.4. The molecule has 7 nitrogen and oxygen atoms in total. The molecule has 154 valence electrons. The number of hydrogen-bond donors (Lipinski definition) is 2. The SMILES string of the molecule is CCC(=O)NCCc1ccc(S(=O)(=O)N2CCN(C3CCCCC3)C2=N)cc1. The quantitative estimate of drug-likeness (QED) is 0.727. The van der Waals surface area contributed by atoms with E-state index in [1.165, 1.54) is 10.7 Å². The second-order valence-corrected chi connectivity index (χ2v) is 9.35. The van der Waals surface area contributed by atoms with Crippen LogP contribution in [0.3, 0.4) is 0 Å². The largest absolute Gasteiger partial charge is 0.356 e. The maximum Gasteiger partial charge on any atom is 0.266 e. The van der Waals surface area contributed by atoms with Crippen LogP contribution in [0.15, 0.2) is 29.2 Å². The molecule has 1 heterocycles. The van der Waals surface area contributed by atoms with Crippen molar-refractivity contribution < 1.29 is 13.2 Å². The maximum absolute atomic E-state index is 13.0. The predicted molar refractivity (Wildman–Crippen MR) is 109 cm³/mol.